The first-order chi connectivity index (χ1) is 28.1. The van der Waals surface area contributed by atoms with E-state index in [1.807, 2.05) is 0 Å². The molecular weight excluding hydrogens is 689 g/mol. The molecule has 1 aromatic heterocycles. The van der Waals surface area contributed by atoms with Gasteiger partial charge in [0.05, 0.1) is 16.7 Å². The molecule has 57 heavy (non-hydrogen) atoms. The van der Waals surface area contributed by atoms with Crippen LogP contribution >= 0.6 is 0 Å². The van der Waals surface area contributed by atoms with Gasteiger partial charge in [0.2, 0.25) is 0 Å². The molecule has 0 amide bonds. The Bertz CT molecular complexity index is 3310. The Morgan fingerprint density at radius 1 is 0.421 bits per heavy atom. The molecule has 0 spiro atoms. The molecule has 2 aliphatic rings. The van der Waals surface area contributed by atoms with Crippen LogP contribution in [0.4, 0.5) is 0 Å². The van der Waals surface area contributed by atoms with Gasteiger partial charge >= 0.3 is 0 Å². The summed E-state index contributed by atoms with van der Waals surface area (Å²) in [6.07, 6.45) is 1.98. The number of imidazole rings is 1. The van der Waals surface area contributed by atoms with E-state index in [1.165, 1.54) is 105 Å². The van der Waals surface area contributed by atoms with Crippen LogP contribution in [0.2, 0.25) is 0 Å². The molecule has 0 unspecified atom stereocenters. The first kappa shape index (κ1) is 32.2. The van der Waals surface area contributed by atoms with Crippen LogP contribution in [-0.4, -0.2) is 9.55 Å². The molecule has 0 bridgehead atoms. The number of nitrogens with zero attached hydrogens (tertiary/aromatic N) is 2. The van der Waals surface area contributed by atoms with Crippen LogP contribution in [-0.2, 0) is 12.8 Å². The highest BCUT2D eigenvalue weighted by molar-refractivity contribution is 6.11. The van der Waals surface area contributed by atoms with E-state index in [1.54, 1.807) is 0 Å². The Labute approximate surface area is 332 Å². The maximum absolute atomic E-state index is 5.31. The topological polar surface area (TPSA) is 17.8 Å². The van der Waals surface area contributed by atoms with E-state index < -0.39 is 0 Å². The first-order valence-electron chi connectivity index (χ1n) is 20.0. The van der Waals surface area contributed by atoms with Crippen LogP contribution in [0, 0.1) is 13.8 Å². The van der Waals surface area contributed by atoms with Crippen molar-refractivity contribution in [3.63, 3.8) is 0 Å². The van der Waals surface area contributed by atoms with Gasteiger partial charge in [-0.2, -0.15) is 0 Å². The predicted octanol–water partition coefficient (Wildman–Crippen LogP) is 14.1. The molecule has 0 atom stereocenters. The molecule has 2 aliphatic carbocycles. The van der Waals surface area contributed by atoms with E-state index in [0.29, 0.717) is 0 Å². The van der Waals surface area contributed by atoms with Crippen molar-refractivity contribution in [2.75, 3.05) is 0 Å². The van der Waals surface area contributed by atoms with Gasteiger partial charge in [0.15, 0.2) is 0 Å². The van der Waals surface area contributed by atoms with E-state index in [4.69, 9.17) is 4.98 Å². The molecular formula is C55H38N2. The van der Waals surface area contributed by atoms with Crippen LogP contribution < -0.4 is 0 Å². The quantitative estimate of drug-likeness (QED) is 0.177. The largest absolute Gasteiger partial charge is 0.292 e. The second-order valence-corrected chi connectivity index (χ2v) is 16.0. The van der Waals surface area contributed by atoms with Crippen molar-refractivity contribution in [1.82, 2.24) is 9.55 Å². The Morgan fingerprint density at radius 2 is 1.09 bits per heavy atom. The Balaban J connectivity index is 0.970. The molecule has 268 valence electrons. The zero-order valence-corrected chi connectivity index (χ0v) is 32.0. The summed E-state index contributed by atoms with van der Waals surface area (Å²) in [5, 5.41) is 5.09. The van der Waals surface area contributed by atoms with Gasteiger partial charge < -0.3 is 0 Å². The number of benzene rings is 9. The average Bonchev–Trinajstić information content (AvgIpc) is 3.95. The highest BCUT2D eigenvalue weighted by atomic mass is 15.1. The number of para-hydroxylation sites is 2. The Kier molecular flexibility index (Phi) is 6.92. The fraction of sp³-hybridized carbons (Fsp3) is 0.0727. The third-order valence-corrected chi connectivity index (χ3v) is 12.7. The lowest BCUT2D eigenvalue weighted by Gasteiger charge is -2.17. The fourth-order valence-corrected chi connectivity index (χ4v) is 10.00. The summed E-state index contributed by atoms with van der Waals surface area (Å²) in [6, 6.07) is 63.0. The maximum Gasteiger partial charge on any atom is 0.146 e. The van der Waals surface area contributed by atoms with Gasteiger partial charge in [-0.25, -0.2) is 4.98 Å². The van der Waals surface area contributed by atoms with E-state index in [2.05, 4.69) is 188 Å². The van der Waals surface area contributed by atoms with Crippen molar-refractivity contribution < 1.29 is 0 Å². The van der Waals surface area contributed by atoms with Crippen LogP contribution in [0.3, 0.4) is 0 Å². The molecule has 0 N–H and O–H groups in total. The third kappa shape index (κ3) is 4.80. The van der Waals surface area contributed by atoms with Gasteiger partial charge in [-0.05, 0) is 150 Å². The van der Waals surface area contributed by atoms with Crippen molar-refractivity contribution in [3.05, 3.63) is 203 Å². The lowest BCUT2D eigenvalue weighted by molar-refractivity contribution is 1.08. The van der Waals surface area contributed by atoms with Gasteiger partial charge in [-0.1, -0.05) is 146 Å². The minimum absolute atomic E-state index is 0.964. The number of hydrogen-bond donors (Lipinski definition) is 0. The van der Waals surface area contributed by atoms with E-state index in [-0.39, 0.29) is 0 Å². The normalized spacial score (nSPS) is 12.6. The van der Waals surface area contributed by atoms with Gasteiger partial charge in [-0.15, -0.1) is 0 Å². The van der Waals surface area contributed by atoms with Crippen LogP contribution in [0.5, 0.6) is 0 Å². The van der Waals surface area contributed by atoms with E-state index in [0.717, 1.165) is 35.4 Å². The SMILES string of the molecule is Cc1ccc(-c2ccc(-c3cc4c(c5ccccc35)-c3c(ccc5c3-c3ccccc3C5)C4)cc2)cc1-n1c(-c2c(C)ccc3ccccc23)nc2ccccc21. The number of aryl methyl sites for hydroxylation is 2. The summed E-state index contributed by atoms with van der Waals surface area (Å²) in [7, 11) is 0. The number of fused-ring (bicyclic) bond motifs is 11. The van der Waals surface area contributed by atoms with E-state index >= 15 is 0 Å². The third-order valence-electron chi connectivity index (χ3n) is 12.7. The van der Waals surface area contributed by atoms with Crippen LogP contribution in [0.1, 0.15) is 33.4 Å². The Morgan fingerprint density at radius 3 is 1.96 bits per heavy atom. The highest BCUT2D eigenvalue weighted by Gasteiger charge is 2.30. The molecule has 2 nitrogen and oxygen atoms in total. The maximum atomic E-state index is 5.31. The molecule has 0 saturated heterocycles. The molecule has 9 aromatic carbocycles. The lowest BCUT2D eigenvalue weighted by atomic mass is 9.88. The lowest BCUT2D eigenvalue weighted by Crippen LogP contribution is -2.02. The summed E-state index contributed by atoms with van der Waals surface area (Å²) in [5.41, 5.74) is 23.2. The molecule has 0 saturated carbocycles. The summed E-state index contributed by atoms with van der Waals surface area (Å²) in [5.74, 6) is 0.973. The smallest absolute Gasteiger partial charge is 0.146 e. The predicted molar refractivity (Wildman–Crippen MR) is 238 cm³/mol. The monoisotopic (exact) mass is 726 g/mol. The van der Waals surface area contributed by atoms with Gasteiger partial charge in [0.25, 0.3) is 0 Å². The standard InChI is InChI=1S/C55H38N2/c1-33-19-22-38(32-50(33)57-49-18-10-9-17-48(49)56-55(57)51-34(2)20-21-36-11-3-5-13-43(36)51)35-23-25-37(26-24-35)47-31-42-30-41-28-27-40-29-39-12-4-6-14-44(39)52(40)54(41)53(42)46-16-8-7-15-45(46)47/h3-28,31-32H,29-30H2,1-2H3. The molecule has 0 aliphatic heterocycles. The minimum atomic E-state index is 0.964. The zero-order valence-electron chi connectivity index (χ0n) is 32.0. The number of rotatable bonds is 4. The van der Waals surface area contributed by atoms with Crippen molar-refractivity contribution in [1.29, 1.82) is 0 Å². The second-order valence-electron chi connectivity index (χ2n) is 16.0. The fourth-order valence-electron chi connectivity index (χ4n) is 10.00. The molecule has 2 heteroatoms. The summed E-state index contributed by atoms with van der Waals surface area (Å²) in [6.45, 7) is 4.41. The average molecular weight is 727 g/mol. The minimum Gasteiger partial charge on any atom is -0.292 e. The van der Waals surface area contributed by atoms with Crippen LogP contribution in [0.15, 0.2) is 170 Å². The number of hydrogen-bond acceptors (Lipinski definition) is 1. The molecule has 10 aromatic rings. The van der Waals surface area contributed by atoms with Gasteiger partial charge in [-0.3, -0.25) is 4.57 Å². The van der Waals surface area contributed by atoms with Gasteiger partial charge in [0, 0.05) is 5.56 Å². The van der Waals surface area contributed by atoms with E-state index in [9.17, 15) is 0 Å². The van der Waals surface area contributed by atoms with Crippen molar-refractivity contribution in [2.45, 2.75) is 26.7 Å². The molecule has 1 heterocycles. The summed E-state index contributed by atoms with van der Waals surface area (Å²) in [4.78, 5) is 5.31. The zero-order chi connectivity index (χ0) is 37.8. The molecule has 12 rings (SSSR count). The highest BCUT2D eigenvalue weighted by Crippen LogP contribution is 2.52. The molecule has 0 radical (unpaired) electrons. The summed E-state index contributed by atoms with van der Waals surface area (Å²) < 4.78 is 2.37. The second kappa shape index (κ2) is 12.2. The van der Waals surface area contributed by atoms with Gasteiger partial charge in [0.1, 0.15) is 5.82 Å². The van der Waals surface area contributed by atoms with Crippen molar-refractivity contribution >= 4 is 32.6 Å². The Hall–Kier alpha value is -7.03. The summed E-state index contributed by atoms with van der Waals surface area (Å²) >= 11 is 0. The number of aromatic nitrogens is 2. The first-order valence-corrected chi connectivity index (χ1v) is 20.0. The van der Waals surface area contributed by atoms with Crippen molar-refractivity contribution in [3.8, 4) is 61.6 Å². The van der Waals surface area contributed by atoms with Crippen molar-refractivity contribution in [2.24, 2.45) is 0 Å². The molecule has 0 fully saturated rings. The van der Waals surface area contributed by atoms with Crippen LogP contribution in [0.25, 0.3) is 94.2 Å².